The van der Waals surface area contributed by atoms with E-state index >= 15 is 0 Å². The summed E-state index contributed by atoms with van der Waals surface area (Å²) in [5.41, 5.74) is 8.40. The number of halogens is 6. The molecule has 0 saturated carbocycles. The summed E-state index contributed by atoms with van der Waals surface area (Å²) in [5.74, 6) is -1.16. The third kappa shape index (κ3) is 6.81. The average Bonchev–Trinajstić information content (AvgIpc) is 3.04. The summed E-state index contributed by atoms with van der Waals surface area (Å²) in [6, 6.07) is 4.89. The molecule has 5 nitrogen and oxygen atoms in total. The highest BCUT2D eigenvalue weighted by molar-refractivity contribution is 5.76. The fraction of sp³-hybridized carbons (Fsp3) is 0.571. The van der Waals surface area contributed by atoms with Gasteiger partial charge in [0.15, 0.2) is 0 Å². The first-order valence-electron chi connectivity index (χ1n) is 12.9. The van der Waals surface area contributed by atoms with Gasteiger partial charge < -0.3 is 19.9 Å². The Morgan fingerprint density at radius 1 is 1.10 bits per heavy atom. The zero-order valence-electron chi connectivity index (χ0n) is 22.2. The lowest BCUT2D eigenvalue weighted by Gasteiger charge is -2.36. The molecular formula is C28H34F6N2O3. The number of rotatable bonds is 5. The van der Waals surface area contributed by atoms with Crippen LogP contribution in [0.2, 0.25) is 0 Å². The van der Waals surface area contributed by atoms with Crippen LogP contribution in [0.15, 0.2) is 47.1 Å². The number of benzene rings is 1. The highest BCUT2D eigenvalue weighted by atomic mass is 19.4. The van der Waals surface area contributed by atoms with Crippen molar-refractivity contribution < 1.29 is 40.6 Å². The predicted molar refractivity (Wildman–Crippen MR) is 136 cm³/mol. The molecule has 1 heterocycles. The Morgan fingerprint density at radius 2 is 1.85 bits per heavy atom. The van der Waals surface area contributed by atoms with Crippen molar-refractivity contribution >= 4 is 11.3 Å². The Morgan fingerprint density at radius 3 is 2.51 bits per heavy atom. The van der Waals surface area contributed by atoms with Crippen LogP contribution in [-0.2, 0) is 9.47 Å². The zero-order valence-corrected chi connectivity index (χ0v) is 22.2. The minimum absolute atomic E-state index is 0.0427. The molecule has 4 atom stereocenters. The topological polar surface area (TPSA) is 57.0 Å². The first-order valence-corrected chi connectivity index (χ1v) is 12.9. The molecule has 216 valence electrons. The number of nitrogens with zero attached hydrogens (tertiary/aromatic N) is 1. The second-order valence-corrected chi connectivity index (χ2v) is 10.6. The van der Waals surface area contributed by atoms with Gasteiger partial charge in [0.2, 0.25) is 0 Å². The second-order valence-electron chi connectivity index (χ2n) is 10.6. The lowest BCUT2D eigenvalue weighted by molar-refractivity contribution is -0.163. The van der Waals surface area contributed by atoms with Crippen LogP contribution in [0.3, 0.4) is 0 Å². The number of methoxy groups -OCH3 is 1. The minimum Gasteiger partial charge on any atom is -0.496 e. The van der Waals surface area contributed by atoms with Gasteiger partial charge in [0, 0.05) is 23.8 Å². The Bertz CT molecular complexity index is 1140. The fourth-order valence-electron chi connectivity index (χ4n) is 5.66. The van der Waals surface area contributed by atoms with Gasteiger partial charge in [-0.25, -0.2) is 0 Å². The van der Waals surface area contributed by atoms with Gasteiger partial charge in [-0.3, -0.25) is 4.90 Å². The number of nitrogens with two attached hydrogens (primary N) is 1. The second kappa shape index (κ2) is 11.5. The van der Waals surface area contributed by atoms with Crippen molar-refractivity contribution in [2.24, 2.45) is 11.8 Å². The monoisotopic (exact) mass is 560 g/mol. The number of nitrogen functional groups attached to an aromatic ring is 1. The van der Waals surface area contributed by atoms with Crippen LogP contribution in [0.1, 0.15) is 45.1 Å². The third-order valence-electron chi connectivity index (χ3n) is 7.74. The maximum Gasteiger partial charge on any atom is 0.416 e. The van der Waals surface area contributed by atoms with E-state index in [9.17, 15) is 26.3 Å². The van der Waals surface area contributed by atoms with Crippen molar-refractivity contribution in [1.82, 2.24) is 4.90 Å². The van der Waals surface area contributed by atoms with Crippen molar-refractivity contribution in [2.45, 2.75) is 64.0 Å². The van der Waals surface area contributed by atoms with E-state index in [0.717, 1.165) is 42.0 Å². The van der Waals surface area contributed by atoms with Crippen LogP contribution in [0.4, 0.5) is 32.0 Å². The number of ether oxygens (including phenoxy) is 3. The molecule has 0 bridgehead atoms. The number of anilines is 1. The Kier molecular flexibility index (Phi) is 8.73. The maximum absolute atomic E-state index is 13.6. The van der Waals surface area contributed by atoms with Crippen LogP contribution in [0.5, 0.6) is 5.75 Å². The summed E-state index contributed by atoms with van der Waals surface area (Å²) >= 11 is 0. The highest BCUT2D eigenvalue weighted by Crippen LogP contribution is 2.44. The van der Waals surface area contributed by atoms with Crippen LogP contribution < -0.4 is 10.5 Å². The average molecular weight is 561 g/mol. The first kappa shape index (κ1) is 29.5. The molecule has 4 rings (SSSR count). The van der Waals surface area contributed by atoms with Gasteiger partial charge in [-0.1, -0.05) is 18.6 Å². The summed E-state index contributed by atoms with van der Waals surface area (Å²) in [6.07, 6.45) is -7.72. The van der Waals surface area contributed by atoms with E-state index in [4.69, 9.17) is 19.9 Å². The molecule has 1 aromatic rings. The lowest BCUT2D eigenvalue weighted by Crippen LogP contribution is -2.44. The summed E-state index contributed by atoms with van der Waals surface area (Å²) in [6.45, 7) is 4.19. The van der Waals surface area contributed by atoms with Gasteiger partial charge in [0.1, 0.15) is 19.3 Å². The molecule has 2 aliphatic carbocycles. The molecule has 39 heavy (non-hydrogen) atoms. The molecule has 0 spiro atoms. The summed E-state index contributed by atoms with van der Waals surface area (Å²) in [7, 11) is 1.59. The number of alkyl halides is 6. The Labute approximate surface area is 224 Å². The van der Waals surface area contributed by atoms with Crippen molar-refractivity contribution in [2.75, 3.05) is 32.9 Å². The van der Waals surface area contributed by atoms with Gasteiger partial charge in [-0.05, 0) is 73.9 Å². The van der Waals surface area contributed by atoms with Crippen molar-refractivity contribution in [3.05, 3.63) is 52.6 Å². The van der Waals surface area contributed by atoms with E-state index in [1.54, 1.807) is 20.1 Å². The molecule has 4 unspecified atom stereocenters. The van der Waals surface area contributed by atoms with Crippen LogP contribution >= 0.6 is 0 Å². The standard InChI is InChI=1S/C28H34F6N2O3/c1-16-4-6-23(24-12-22(35)5-7-25(24)37-3)19(8-16)13-36-14-38-15-39-26(17(36)2)18-9-20(27(29,30)31)11-21(10-18)28(32,33)34/h5,7,9,11-12,16-17,21,26H,4,6,8,10,13-15,35H2,1-3H3. The maximum atomic E-state index is 13.6. The molecule has 3 aliphatic rings. The van der Waals surface area contributed by atoms with Crippen molar-refractivity contribution in [1.29, 1.82) is 0 Å². The molecule has 0 radical (unpaired) electrons. The van der Waals surface area contributed by atoms with E-state index in [-0.39, 0.29) is 25.2 Å². The van der Waals surface area contributed by atoms with E-state index in [2.05, 4.69) is 6.92 Å². The quantitative estimate of drug-likeness (QED) is 0.315. The van der Waals surface area contributed by atoms with E-state index in [1.807, 2.05) is 17.0 Å². The molecule has 1 fully saturated rings. The SMILES string of the molecule is COc1ccc(N)cc1C1=C(CN2COCOC(C3=CC(C(F)(F)F)=CC(C(F)(F)F)C3)C2C)CC(C)CC1. The van der Waals surface area contributed by atoms with Crippen molar-refractivity contribution in [3.63, 3.8) is 0 Å². The molecule has 1 aromatic carbocycles. The van der Waals surface area contributed by atoms with Crippen LogP contribution in [-0.4, -0.2) is 56.6 Å². The molecule has 0 amide bonds. The Hall–Kier alpha value is -2.50. The van der Waals surface area contributed by atoms with Crippen molar-refractivity contribution in [3.8, 4) is 5.75 Å². The summed E-state index contributed by atoms with van der Waals surface area (Å²) in [4.78, 5) is 1.92. The largest absolute Gasteiger partial charge is 0.496 e. The van der Waals surface area contributed by atoms with E-state index < -0.39 is 42.4 Å². The zero-order chi connectivity index (χ0) is 28.5. The summed E-state index contributed by atoms with van der Waals surface area (Å²) in [5, 5.41) is 0. The number of allylic oxidation sites excluding steroid dienone is 4. The molecular weight excluding hydrogens is 526 g/mol. The molecule has 1 saturated heterocycles. The lowest BCUT2D eigenvalue weighted by atomic mass is 9.81. The van der Waals surface area contributed by atoms with Gasteiger partial charge in [-0.15, -0.1) is 0 Å². The van der Waals surface area contributed by atoms with Gasteiger partial charge >= 0.3 is 12.4 Å². The minimum atomic E-state index is -4.91. The third-order valence-corrected chi connectivity index (χ3v) is 7.74. The van der Waals surface area contributed by atoms with E-state index in [0.29, 0.717) is 23.9 Å². The number of hydrogen-bond acceptors (Lipinski definition) is 5. The van der Waals surface area contributed by atoms with Gasteiger partial charge in [0.25, 0.3) is 0 Å². The molecule has 2 N–H and O–H groups in total. The summed E-state index contributed by atoms with van der Waals surface area (Å²) < 4.78 is 98.4. The predicted octanol–water partition coefficient (Wildman–Crippen LogP) is 6.87. The normalized spacial score (nSPS) is 27.6. The van der Waals surface area contributed by atoms with Crippen LogP contribution in [0.25, 0.3) is 5.57 Å². The molecule has 1 aliphatic heterocycles. The first-order chi connectivity index (χ1) is 18.3. The smallest absolute Gasteiger partial charge is 0.416 e. The van der Waals surface area contributed by atoms with Gasteiger partial charge in [0.05, 0.1) is 24.7 Å². The van der Waals surface area contributed by atoms with E-state index in [1.165, 1.54) is 0 Å². The molecule has 11 heteroatoms. The van der Waals surface area contributed by atoms with Gasteiger partial charge in [-0.2, -0.15) is 26.3 Å². The highest BCUT2D eigenvalue weighted by Gasteiger charge is 2.46. The Balaban J connectivity index is 1.67. The van der Waals surface area contributed by atoms with Crippen LogP contribution in [0, 0.1) is 11.8 Å². The number of hydrogen-bond donors (Lipinski definition) is 1. The fourth-order valence-corrected chi connectivity index (χ4v) is 5.66. The molecule has 0 aromatic heterocycles.